The van der Waals surface area contributed by atoms with Crippen molar-refractivity contribution in [3.05, 3.63) is 12.7 Å². The Bertz CT molecular complexity index is 179. The summed E-state index contributed by atoms with van der Waals surface area (Å²) in [6, 6.07) is 0. The fraction of sp³-hybridized carbons (Fsp3) is 0.500. The van der Waals surface area contributed by atoms with Gasteiger partial charge in [-0.05, 0) is 0 Å². The Morgan fingerprint density at radius 2 is 2.20 bits per heavy atom. The van der Waals surface area contributed by atoms with Crippen molar-refractivity contribution >= 4 is 10.1 Å². The van der Waals surface area contributed by atoms with Crippen molar-refractivity contribution in [3.8, 4) is 0 Å². The van der Waals surface area contributed by atoms with Crippen LogP contribution in [0.1, 0.15) is 1.43 Å². The molecule has 4 nitrogen and oxygen atoms in total. The summed E-state index contributed by atoms with van der Waals surface area (Å²) in [5.74, 6) is -0.235. The van der Waals surface area contributed by atoms with E-state index >= 15 is 0 Å². The third-order valence-electron chi connectivity index (χ3n) is 0.494. The van der Waals surface area contributed by atoms with Crippen molar-refractivity contribution < 1.29 is 48.6 Å². The van der Waals surface area contributed by atoms with Crippen molar-refractivity contribution in [2.75, 3.05) is 12.9 Å². The number of rotatable bonds is 4. The Labute approximate surface area is 84.0 Å². The second kappa shape index (κ2) is 6.33. The van der Waals surface area contributed by atoms with Gasteiger partial charge in [-0.25, -0.2) is 4.89 Å². The van der Waals surface area contributed by atoms with Crippen LogP contribution in [0.15, 0.2) is 12.7 Å². The molecule has 0 aromatic heterocycles. The van der Waals surface area contributed by atoms with E-state index < -0.39 is 10.1 Å². The van der Waals surface area contributed by atoms with Gasteiger partial charge in [-0.2, -0.15) is 8.42 Å². The van der Waals surface area contributed by atoms with E-state index in [1.807, 2.05) is 0 Å². The van der Waals surface area contributed by atoms with E-state index in [-0.39, 0.29) is 36.7 Å². The van der Waals surface area contributed by atoms with Crippen LogP contribution in [-0.4, -0.2) is 21.3 Å². The van der Waals surface area contributed by atoms with E-state index in [1.165, 1.54) is 6.08 Å². The molecule has 0 atom stereocenters. The summed E-state index contributed by atoms with van der Waals surface area (Å²) < 4.78 is 24.7. The summed E-state index contributed by atoms with van der Waals surface area (Å²) in [4.78, 5) is 3.92. The molecule has 0 unspecified atom stereocenters. The molecule has 56 valence electrons. The van der Waals surface area contributed by atoms with E-state index in [1.54, 1.807) is 0 Å². The molecule has 0 N–H and O–H groups in total. The Kier molecular flexibility index (Phi) is 8.36. The molecule has 0 amide bonds. The van der Waals surface area contributed by atoms with Crippen LogP contribution < -0.4 is 29.6 Å². The predicted octanol–water partition coefficient (Wildman–Crippen LogP) is -2.80. The minimum absolute atomic E-state index is 0. The summed E-state index contributed by atoms with van der Waals surface area (Å²) in [7, 11) is -2.40. The van der Waals surface area contributed by atoms with Crippen LogP contribution in [0.25, 0.3) is 0 Å². The van der Waals surface area contributed by atoms with Gasteiger partial charge < -0.3 is 1.43 Å². The monoisotopic (exact) mass is 176 g/mol. The minimum atomic E-state index is -3.52. The van der Waals surface area contributed by atoms with Crippen molar-refractivity contribution in [2.24, 2.45) is 0 Å². The van der Waals surface area contributed by atoms with Gasteiger partial charge in [-0.3, -0.25) is 0 Å². The quantitative estimate of drug-likeness (QED) is 0.201. The Balaban J connectivity index is -0.000000320. The molecule has 0 heterocycles. The first kappa shape index (κ1) is 13.2. The zero-order chi connectivity index (χ0) is 7.33. The molecule has 0 aliphatic rings. The van der Waals surface area contributed by atoms with Gasteiger partial charge in [0.15, 0.2) is 0 Å². The van der Waals surface area contributed by atoms with Gasteiger partial charge >= 0.3 is 29.6 Å². The fourth-order valence-electron chi connectivity index (χ4n) is 0.276. The van der Waals surface area contributed by atoms with Crippen molar-refractivity contribution in [1.82, 2.24) is 0 Å². The smallest absolute Gasteiger partial charge is 1.00 e. The first-order valence-corrected chi connectivity index (χ1v) is 3.76. The number of hydrogen-bond donors (Lipinski definition) is 0. The van der Waals surface area contributed by atoms with Gasteiger partial charge in [0.1, 0.15) is 0 Å². The van der Waals surface area contributed by atoms with Crippen molar-refractivity contribution in [1.29, 1.82) is 0 Å². The first-order chi connectivity index (χ1) is 4.12. The molecule has 0 saturated heterocycles. The van der Waals surface area contributed by atoms with Crippen molar-refractivity contribution in [2.45, 2.75) is 0 Å². The normalized spacial score (nSPS) is 10.1. The van der Waals surface area contributed by atoms with E-state index in [0.717, 1.165) is 7.11 Å². The van der Waals surface area contributed by atoms with E-state index in [2.05, 4.69) is 15.8 Å². The second-order valence-electron chi connectivity index (χ2n) is 1.25. The molecule has 10 heavy (non-hydrogen) atoms. The molecule has 0 fully saturated rings. The van der Waals surface area contributed by atoms with Gasteiger partial charge in [0.25, 0.3) is 10.1 Å². The maximum absolute atomic E-state index is 10.4. The largest absolute Gasteiger partial charge is 1.00 e. The molecule has 0 rings (SSSR count). The number of hydrogen-bond acceptors (Lipinski definition) is 4. The molecular weight excluding hydrogens is 167 g/mol. The molecular formula is C4H9NaO4S. The minimum Gasteiger partial charge on any atom is -1.00 e. The Morgan fingerprint density at radius 3 is 2.50 bits per heavy atom. The van der Waals surface area contributed by atoms with Gasteiger partial charge in [0.05, 0.1) is 12.9 Å². The van der Waals surface area contributed by atoms with Gasteiger partial charge in [0, 0.05) is 0 Å². The van der Waals surface area contributed by atoms with Crippen LogP contribution in [0.5, 0.6) is 0 Å². The fourth-order valence-corrected chi connectivity index (χ4v) is 0.827. The zero-order valence-electron chi connectivity index (χ0n) is 7.03. The average Bonchev–Trinajstić information content (AvgIpc) is 1.64. The summed E-state index contributed by atoms with van der Waals surface area (Å²) in [6.07, 6.45) is 1.22. The average molecular weight is 176 g/mol. The Hall–Kier alpha value is 0.610. The van der Waals surface area contributed by atoms with E-state index in [4.69, 9.17) is 0 Å². The molecule has 0 aromatic carbocycles. The van der Waals surface area contributed by atoms with Crippen molar-refractivity contribution in [3.63, 3.8) is 0 Å². The topological polar surface area (TPSA) is 52.6 Å². The molecule has 0 aliphatic carbocycles. The maximum Gasteiger partial charge on any atom is 1.00 e. The third-order valence-corrected chi connectivity index (χ3v) is 1.48. The second-order valence-corrected chi connectivity index (χ2v) is 2.83. The predicted molar refractivity (Wildman–Crippen MR) is 33.2 cm³/mol. The van der Waals surface area contributed by atoms with Crippen LogP contribution in [-0.2, 0) is 19.3 Å². The molecule has 0 saturated carbocycles. The van der Waals surface area contributed by atoms with Crippen LogP contribution in [0, 0.1) is 0 Å². The SMILES string of the molecule is C=CCS(=O)(=O)OOC.[H-].[Na+]. The van der Waals surface area contributed by atoms with Gasteiger partial charge in [-0.15, -0.1) is 10.9 Å². The summed E-state index contributed by atoms with van der Waals surface area (Å²) in [6.45, 7) is 3.21. The van der Waals surface area contributed by atoms with Gasteiger partial charge in [-0.1, -0.05) is 6.08 Å². The molecule has 6 heteroatoms. The molecule has 0 radical (unpaired) electrons. The summed E-state index contributed by atoms with van der Waals surface area (Å²) >= 11 is 0. The van der Waals surface area contributed by atoms with E-state index in [0.29, 0.717) is 0 Å². The molecule has 0 aliphatic heterocycles. The molecule has 0 spiro atoms. The summed E-state index contributed by atoms with van der Waals surface area (Å²) in [5, 5.41) is 0. The van der Waals surface area contributed by atoms with E-state index in [9.17, 15) is 8.42 Å². The van der Waals surface area contributed by atoms with Crippen LogP contribution in [0.2, 0.25) is 0 Å². The summed E-state index contributed by atoms with van der Waals surface area (Å²) in [5.41, 5.74) is 0. The maximum atomic E-state index is 10.4. The third kappa shape index (κ3) is 6.73. The van der Waals surface area contributed by atoms with Crippen LogP contribution >= 0.6 is 0 Å². The van der Waals surface area contributed by atoms with Crippen LogP contribution in [0.3, 0.4) is 0 Å². The van der Waals surface area contributed by atoms with Gasteiger partial charge in [0.2, 0.25) is 0 Å². The molecule has 0 bridgehead atoms. The van der Waals surface area contributed by atoms with Crippen LogP contribution in [0.4, 0.5) is 0 Å². The zero-order valence-corrected chi connectivity index (χ0v) is 8.85. The standard InChI is InChI=1S/C4H8O4S.Na.H/c1-3-4-9(5,6)8-7-2;;/h3H,1,4H2,2H3;;/q;+1;-1. The first-order valence-electron chi connectivity index (χ1n) is 2.18. The Morgan fingerprint density at radius 1 is 1.70 bits per heavy atom. The molecule has 0 aromatic rings.